The van der Waals surface area contributed by atoms with Gasteiger partial charge < -0.3 is 19.5 Å². The molecule has 36 heavy (non-hydrogen) atoms. The van der Waals surface area contributed by atoms with Crippen LogP contribution in [0.4, 0.5) is 5.69 Å². The lowest BCUT2D eigenvalue weighted by atomic mass is 10.1. The van der Waals surface area contributed by atoms with Gasteiger partial charge in [-0.1, -0.05) is 23.7 Å². The Bertz CT molecular complexity index is 1350. The van der Waals surface area contributed by atoms with Gasteiger partial charge in [0.1, 0.15) is 11.5 Å². The highest BCUT2D eigenvalue weighted by Crippen LogP contribution is 2.28. The van der Waals surface area contributed by atoms with Gasteiger partial charge in [0.2, 0.25) is 0 Å². The van der Waals surface area contributed by atoms with Crippen molar-refractivity contribution in [3.8, 4) is 28.4 Å². The molecule has 0 saturated heterocycles. The number of rotatable bonds is 9. The zero-order chi connectivity index (χ0) is 25.5. The molecule has 0 radical (unpaired) electrons. The quantitative estimate of drug-likeness (QED) is 0.306. The summed E-state index contributed by atoms with van der Waals surface area (Å²) in [6.45, 7) is 1.81. The van der Waals surface area contributed by atoms with Gasteiger partial charge in [-0.3, -0.25) is 4.79 Å². The van der Waals surface area contributed by atoms with Crippen LogP contribution in [-0.4, -0.2) is 42.0 Å². The minimum atomic E-state index is -0.519. The fraction of sp³-hybridized carbons (Fsp3) is 0.148. The molecule has 1 N–H and O–H groups in total. The second-order valence-corrected chi connectivity index (χ2v) is 8.05. The number of carbonyl (C=O) groups excluding carboxylic acids is 2. The zero-order valence-electron chi connectivity index (χ0n) is 19.7. The number of nitrogens with zero attached hydrogens (tertiary/aromatic N) is 2. The van der Waals surface area contributed by atoms with Crippen molar-refractivity contribution in [1.82, 2.24) is 9.78 Å². The highest BCUT2D eigenvalue weighted by Gasteiger charge is 2.18. The Balaban J connectivity index is 1.58. The van der Waals surface area contributed by atoms with Gasteiger partial charge in [-0.2, -0.15) is 5.10 Å². The Morgan fingerprint density at radius 1 is 0.972 bits per heavy atom. The van der Waals surface area contributed by atoms with Gasteiger partial charge in [-0.25, -0.2) is 9.48 Å². The van der Waals surface area contributed by atoms with Crippen LogP contribution in [-0.2, 0) is 9.53 Å². The molecule has 0 unspecified atom stereocenters. The van der Waals surface area contributed by atoms with Crippen LogP contribution >= 0.6 is 11.6 Å². The predicted molar refractivity (Wildman–Crippen MR) is 137 cm³/mol. The van der Waals surface area contributed by atoms with Crippen LogP contribution in [0, 0.1) is 0 Å². The molecule has 8 nitrogen and oxygen atoms in total. The second kappa shape index (κ2) is 11.4. The van der Waals surface area contributed by atoms with Gasteiger partial charge in [0.15, 0.2) is 12.3 Å². The molecule has 0 aliphatic heterocycles. The molecule has 1 aromatic heterocycles. The lowest BCUT2D eigenvalue weighted by Gasteiger charge is -2.11. The number of ether oxygens (including phenoxy) is 3. The van der Waals surface area contributed by atoms with E-state index in [4.69, 9.17) is 25.8 Å². The van der Waals surface area contributed by atoms with Crippen molar-refractivity contribution in [2.75, 3.05) is 25.6 Å². The average molecular weight is 506 g/mol. The smallest absolute Gasteiger partial charge is 0.358 e. The lowest BCUT2D eigenvalue weighted by molar-refractivity contribution is -0.118. The maximum atomic E-state index is 12.5. The number of hydrogen-bond acceptors (Lipinski definition) is 6. The summed E-state index contributed by atoms with van der Waals surface area (Å²) in [5, 5.41) is 7.89. The molecule has 0 atom stereocenters. The molecule has 0 saturated carbocycles. The summed E-state index contributed by atoms with van der Waals surface area (Å²) < 4.78 is 17.5. The Labute approximate surface area is 213 Å². The maximum absolute atomic E-state index is 12.5. The molecule has 184 valence electrons. The third-order valence-electron chi connectivity index (χ3n) is 5.14. The summed E-state index contributed by atoms with van der Waals surface area (Å²) in [6, 6.07) is 23.0. The Kier molecular flexibility index (Phi) is 7.87. The van der Waals surface area contributed by atoms with Crippen LogP contribution in [0.25, 0.3) is 16.9 Å². The molecule has 4 aromatic rings. The van der Waals surface area contributed by atoms with Gasteiger partial charge in [-0.15, -0.1) is 0 Å². The van der Waals surface area contributed by atoms with E-state index in [9.17, 15) is 9.59 Å². The number of carbonyl (C=O) groups is 2. The standard InChI is InChI=1S/C27H24ClN3O5/c1-3-35-27(33)24-16-25(31(30-24)21-9-13-22(34-2)14-10-21)18-5-4-6-20(15-18)29-26(32)17-36-23-11-7-19(28)8-12-23/h4-16H,3,17H2,1-2H3,(H,29,32). The summed E-state index contributed by atoms with van der Waals surface area (Å²) in [6.07, 6.45) is 0. The number of anilines is 1. The van der Waals surface area contributed by atoms with E-state index in [2.05, 4.69) is 10.4 Å². The first-order chi connectivity index (χ1) is 17.5. The fourth-order valence-corrected chi connectivity index (χ4v) is 3.57. The van der Waals surface area contributed by atoms with Gasteiger partial charge in [-0.05, 0) is 73.7 Å². The molecule has 0 aliphatic carbocycles. The van der Waals surface area contributed by atoms with Gasteiger partial charge >= 0.3 is 5.97 Å². The third-order valence-corrected chi connectivity index (χ3v) is 5.39. The van der Waals surface area contributed by atoms with E-state index < -0.39 is 5.97 Å². The molecule has 1 heterocycles. The van der Waals surface area contributed by atoms with Crippen LogP contribution in [0.2, 0.25) is 5.02 Å². The van der Waals surface area contributed by atoms with Crippen LogP contribution < -0.4 is 14.8 Å². The summed E-state index contributed by atoms with van der Waals surface area (Å²) >= 11 is 5.87. The van der Waals surface area contributed by atoms with E-state index in [0.29, 0.717) is 27.9 Å². The molecule has 4 rings (SSSR count). The van der Waals surface area contributed by atoms with E-state index in [1.54, 1.807) is 67.2 Å². The van der Waals surface area contributed by atoms with Gasteiger partial charge in [0.25, 0.3) is 5.91 Å². The SMILES string of the molecule is CCOC(=O)c1cc(-c2cccc(NC(=O)COc3ccc(Cl)cc3)c2)n(-c2ccc(OC)cc2)n1. The Hall–Kier alpha value is -4.30. The number of benzene rings is 3. The normalized spacial score (nSPS) is 10.5. The number of amides is 1. The lowest BCUT2D eigenvalue weighted by Crippen LogP contribution is -2.20. The molecule has 9 heteroatoms. The number of nitrogens with one attached hydrogen (secondary N) is 1. The van der Waals surface area contributed by atoms with Crippen LogP contribution in [0.1, 0.15) is 17.4 Å². The topological polar surface area (TPSA) is 91.7 Å². The van der Waals surface area contributed by atoms with Crippen LogP contribution in [0.15, 0.2) is 78.9 Å². The highest BCUT2D eigenvalue weighted by molar-refractivity contribution is 6.30. The number of hydrogen-bond donors (Lipinski definition) is 1. The van der Waals surface area contributed by atoms with E-state index in [1.807, 2.05) is 30.3 Å². The Morgan fingerprint density at radius 3 is 2.39 bits per heavy atom. The van der Waals surface area contributed by atoms with Crippen LogP contribution in [0.3, 0.4) is 0 Å². The van der Waals surface area contributed by atoms with Crippen molar-refractivity contribution < 1.29 is 23.8 Å². The summed E-state index contributed by atoms with van der Waals surface area (Å²) in [4.78, 5) is 24.9. The number of aromatic nitrogens is 2. The van der Waals surface area contributed by atoms with Crippen molar-refractivity contribution in [1.29, 1.82) is 0 Å². The summed E-state index contributed by atoms with van der Waals surface area (Å²) in [7, 11) is 1.59. The van der Waals surface area contributed by atoms with Gasteiger partial charge in [0.05, 0.1) is 25.1 Å². The van der Waals surface area contributed by atoms with Crippen LogP contribution in [0.5, 0.6) is 11.5 Å². The molecule has 0 bridgehead atoms. The van der Waals surface area contributed by atoms with Crippen molar-refractivity contribution >= 4 is 29.2 Å². The average Bonchev–Trinajstić information content (AvgIpc) is 3.35. The number of methoxy groups -OCH3 is 1. The van der Waals surface area contributed by atoms with Crippen molar-refractivity contribution in [3.05, 3.63) is 89.6 Å². The fourth-order valence-electron chi connectivity index (χ4n) is 3.44. The first-order valence-corrected chi connectivity index (χ1v) is 11.5. The summed E-state index contributed by atoms with van der Waals surface area (Å²) in [5.74, 6) is 0.398. The first kappa shape index (κ1) is 24.8. The van der Waals surface area contributed by atoms with Crippen molar-refractivity contribution in [2.45, 2.75) is 6.92 Å². The maximum Gasteiger partial charge on any atom is 0.358 e. The molecular weight excluding hydrogens is 482 g/mol. The largest absolute Gasteiger partial charge is 0.497 e. The zero-order valence-corrected chi connectivity index (χ0v) is 20.5. The van der Waals surface area contributed by atoms with E-state index in [1.165, 1.54) is 0 Å². The first-order valence-electron chi connectivity index (χ1n) is 11.2. The minimum absolute atomic E-state index is 0.164. The monoisotopic (exact) mass is 505 g/mol. The molecule has 0 aliphatic rings. The second-order valence-electron chi connectivity index (χ2n) is 7.62. The molecule has 1 amide bonds. The molecule has 0 spiro atoms. The molecule has 0 fully saturated rings. The Morgan fingerprint density at radius 2 is 1.69 bits per heavy atom. The van der Waals surface area contributed by atoms with E-state index in [0.717, 1.165) is 11.3 Å². The number of esters is 1. The molecular formula is C27H24ClN3O5. The minimum Gasteiger partial charge on any atom is -0.497 e. The summed E-state index contributed by atoms with van der Waals surface area (Å²) in [5.41, 5.74) is 2.86. The van der Waals surface area contributed by atoms with E-state index in [-0.39, 0.29) is 24.8 Å². The van der Waals surface area contributed by atoms with E-state index >= 15 is 0 Å². The molecule has 3 aromatic carbocycles. The van der Waals surface area contributed by atoms with Crippen molar-refractivity contribution in [2.24, 2.45) is 0 Å². The number of halogens is 1. The third kappa shape index (κ3) is 6.03. The predicted octanol–water partition coefficient (Wildman–Crippen LogP) is 5.40. The van der Waals surface area contributed by atoms with Gasteiger partial charge in [0, 0.05) is 16.3 Å². The van der Waals surface area contributed by atoms with Crippen molar-refractivity contribution in [3.63, 3.8) is 0 Å². The highest BCUT2D eigenvalue weighted by atomic mass is 35.5.